The Bertz CT molecular complexity index is 1140. The first kappa shape index (κ1) is 17.5. The van der Waals surface area contributed by atoms with Crippen molar-refractivity contribution >= 4 is 22.5 Å². The van der Waals surface area contributed by atoms with Crippen LogP contribution in [0.1, 0.15) is 10.4 Å². The summed E-state index contributed by atoms with van der Waals surface area (Å²) >= 11 is 0. The number of fused-ring (bicyclic) bond motifs is 1. The van der Waals surface area contributed by atoms with Gasteiger partial charge in [-0.25, -0.2) is 4.98 Å². The molecule has 0 radical (unpaired) electrons. The topological polar surface area (TPSA) is 99.4 Å². The van der Waals surface area contributed by atoms with Crippen molar-refractivity contribution in [2.24, 2.45) is 0 Å². The van der Waals surface area contributed by atoms with E-state index >= 15 is 0 Å². The van der Waals surface area contributed by atoms with Crippen molar-refractivity contribution in [1.82, 2.24) is 15.1 Å². The van der Waals surface area contributed by atoms with E-state index < -0.39 is 0 Å². The highest BCUT2D eigenvalue weighted by Gasteiger charge is 2.16. The summed E-state index contributed by atoms with van der Waals surface area (Å²) in [6.07, 6.45) is 1.43. The number of carbonyl (C=O) groups excluding carboxylic acids is 1. The van der Waals surface area contributed by atoms with Crippen LogP contribution in [0.2, 0.25) is 0 Å². The molecule has 8 nitrogen and oxygen atoms in total. The highest BCUT2D eigenvalue weighted by molar-refractivity contribution is 6.07. The van der Waals surface area contributed by atoms with Crippen molar-refractivity contribution in [3.63, 3.8) is 0 Å². The number of ether oxygens (including phenoxy) is 2. The fraction of sp³-hybridized carbons (Fsp3) is 0.100. The number of aromatic nitrogens is 3. The summed E-state index contributed by atoms with van der Waals surface area (Å²) in [5, 5.41) is 7.56. The van der Waals surface area contributed by atoms with Gasteiger partial charge in [-0.15, -0.1) is 0 Å². The molecule has 0 fully saturated rings. The Balaban J connectivity index is 1.67. The molecule has 0 aliphatic carbocycles. The SMILES string of the molecule is COc1ncc(NC(=O)c2ccc3noc(-c4ccccc4)c3c2)c(OC)n1. The number of nitrogens with one attached hydrogen (secondary N) is 1. The van der Waals surface area contributed by atoms with Crippen LogP contribution in [-0.4, -0.2) is 35.3 Å². The summed E-state index contributed by atoms with van der Waals surface area (Å²) in [5.41, 5.74) is 2.32. The molecule has 0 saturated heterocycles. The molecule has 4 aromatic rings. The van der Waals surface area contributed by atoms with Crippen molar-refractivity contribution < 1.29 is 18.8 Å². The largest absolute Gasteiger partial charge is 0.479 e. The third-order valence-corrected chi connectivity index (χ3v) is 4.13. The summed E-state index contributed by atoms with van der Waals surface area (Å²) < 4.78 is 15.6. The van der Waals surface area contributed by atoms with Crippen LogP contribution < -0.4 is 14.8 Å². The summed E-state index contributed by atoms with van der Waals surface area (Å²) in [7, 11) is 2.90. The van der Waals surface area contributed by atoms with Gasteiger partial charge in [0.25, 0.3) is 5.91 Å². The molecule has 2 heterocycles. The van der Waals surface area contributed by atoms with E-state index in [0.717, 1.165) is 10.9 Å². The Kier molecular flexibility index (Phi) is 4.59. The van der Waals surface area contributed by atoms with E-state index in [2.05, 4.69) is 20.4 Å². The molecule has 0 saturated carbocycles. The maximum absolute atomic E-state index is 12.7. The summed E-state index contributed by atoms with van der Waals surface area (Å²) in [5.74, 6) is 0.473. The monoisotopic (exact) mass is 376 g/mol. The number of benzene rings is 2. The molecule has 0 aliphatic heterocycles. The molecule has 0 unspecified atom stereocenters. The van der Waals surface area contributed by atoms with Gasteiger partial charge in [-0.2, -0.15) is 4.98 Å². The molecular formula is C20H16N4O4. The summed E-state index contributed by atoms with van der Waals surface area (Å²) in [6, 6.07) is 14.9. The molecule has 0 aliphatic rings. The van der Waals surface area contributed by atoms with Crippen molar-refractivity contribution in [3.8, 4) is 23.2 Å². The lowest BCUT2D eigenvalue weighted by atomic mass is 10.1. The molecule has 0 atom stereocenters. The van der Waals surface area contributed by atoms with Crippen molar-refractivity contribution in [3.05, 3.63) is 60.3 Å². The van der Waals surface area contributed by atoms with E-state index in [9.17, 15) is 4.79 Å². The minimum atomic E-state index is -0.339. The maximum atomic E-state index is 12.7. The number of carbonyl (C=O) groups is 1. The third kappa shape index (κ3) is 3.23. The molecular weight excluding hydrogens is 360 g/mol. The van der Waals surface area contributed by atoms with Gasteiger partial charge >= 0.3 is 6.01 Å². The van der Waals surface area contributed by atoms with E-state index in [1.165, 1.54) is 20.4 Å². The van der Waals surface area contributed by atoms with Gasteiger partial charge in [0, 0.05) is 11.1 Å². The Morgan fingerprint density at radius 2 is 1.89 bits per heavy atom. The zero-order valence-electron chi connectivity index (χ0n) is 15.2. The predicted octanol–water partition coefficient (Wildman–Crippen LogP) is 3.55. The van der Waals surface area contributed by atoms with Crippen LogP contribution in [0.25, 0.3) is 22.2 Å². The average molecular weight is 376 g/mol. The number of methoxy groups -OCH3 is 2. The van der Waals surface area contributed by atoms with Gasteiger partial charge in [0.05, 0.1) is 25.8 Å². The molecule has 140 valence electrons. The molecule has 4 rings (SSSR count). The predicted molar refractivity (Wildman–Crippen MR) is 103 cm³/mol. The average Bonchev–Trinajstić information content (AvgIpc) is 3.17. The van der Waals surface area contributed by atoms with Gasteiger partial charge in [-0.3, -0.25) is 4.79 Å². The summed E-state index contributed by atoms with van der Waals surface area (Å²) in [6.45, 7) is 0. The third-order valence-electron chi connectivity index (χ3n) is 4.13. The molecule has 8 heteroatoms. The van der Waals surface area contributed by atoms with Gasteiger partial charge in [-0.1, -0.05) is 35.5 Å². The Morgan fingerprint density at radius 3 is 2.64 bits per heavy atom. The zero-order valence-corrected chi connectivity index (χ0v) is 15.2. The quantitative estimate of drug-likeness (QED) is 0.568. The second-order valence-corrected chi connectivity index (χ2v) is 5.84. The molecule has 1 N–H and O–H groups in total. The van der Waals surface area contributed by atoms with E-state index in [1.54, 1.807) is 18.2 Å². The van der Waals surface area contributed by atoms with Crippen molar-refractivity contribution in [2.75, 3.05) is 19.5 Å². The van der Waals surface area contributed by atoms with Crippen molar-refractivity contribution in [1.29, 1.82) is 0 Å². The second-order valence-electron chi connectivity index (χ2n) is 5.84. The van der Waals surface area contributed by atoms with Crippen LogP contribution in [0.3, 0.4) is 0 Å². The molecule has 2 aromatic carbocycles. The lowest BCUT2D eigenvalue weighted by Gasteiger charge is -2.09. The Hall–Kier alpha value is -3.94. The number of anilines is 1. The van der Waals surface area contributed by atoms with Gasteiger partial charge in [0.15, 0.2) is 5.76 Å². The maximum Gasteiger partial charge on any atom is 0.319 e. The fourth-order valence-corrected chi connectivity index (χ4v) is 2.77. The van der Waals surface area contributed by atoms with Gasteiger partial charge in [0.1, 0.15) is 11.2 Å². The van der Waals surface area contributed by atoms with Crippen LogP contribution in [-0.2, 0) is 0 Å². The van der Waals surface area contributed by atoms with Gasteiger partial charge < -0.3 is 19.3 Å². The number of amides is 1. The highest BCUT2D eigenvalue weighted by Crippen LogP contribution is 2.30. The summed E-state index contributed by atoms with van der Waals surface area (Å²) in [4.78, 5) is 20.8. The highest BCUT2D eigenvalue weighted by atomic mass is 16.5. The van der Waals surface area contributed by atoms with Crippen LogP contribution in [0, 0.1) is 0 Å². The number of rotatable bonds is 5. The zero-order chi connectivity index (χ0) is 19.5. The second kappa shape index (κ2) is 7.36. The molecule has 2 aromatic heterocycles. The van der Waals surface area contributed by atoms with Crippen LogP contribution in [0.15, 0.2) is 59.3 Å². The Morgan fingerprint density at radius 1 is 1.07 bits per heavy atom. The molecule has 28 heavy (non-hydrogen) atoms. The first-order valence-corrected chi connectivity index (χ1v) is 8.41. The Labute approximate surface area is 160 Å². The standard InChI is InChI=1S/C20H16N4O4/c1-26-19-16(11-21-20(23-19)27-2)22-18(25)13-8-9-15-14(10-13)17(28-24-15)12-6-4-3-5-7-12/h3-11H,1-2H3,(H,22,25). The van der Waals surface area contributed by atoms with Crippen LogP contribution in [0.5, 0.6) is 11.9 Å². The van der Waals surface area contributed by atoms with Crippen LogP contribution >= 0.6 is 0 Å². The van der Waals surface area contributed by atoms with E-state index in [1.807, 2.05) is 30.3 Å². The number of hydrogen-bond donors (Lipinski definition) is 1. The minimum Gasteiger partial charge on any atom is -0.479 e. The number of nitrogens with zero attached hydrogens (tertiary/aromatic N) is 3. The lowest BCUT2D eigenvalue weighted by Crippen LogP contribution is -2.13. The molecule has 0 bridgehead atoms. The minimum absolute atomic E-state index is 0.147. The smallest absolute Gasteiger partial charge is 0.319 e. The normalized spacial score (nSPS) is 10.6. The van der Waals surface area contributed by atoms with Gasteiger partial charge in [0.2, 0.25) is 5.88 Å². The first-order valence-electron chi connectivity index (χ1n) is 8.41. The van der Waals surface area contributed by atoms with E-state index in [4.69, 9.17) is 14.0 Å². The van der Waals surface area contributed by atoms with Crippen LogP contribution in [0.4, 0.5) is 5.69 Å². The van der Waals surface area contributed by atoms with Crippen molar-refractivity contribution in [2.45, 2.75) is 0 Å². The molecule has 1 amide bonds. The first-order chi connectivity index (χ1) is 13.7. The van der Waals surface area contributed by atoms with E-state index in [0.29, 0.717) is 22.5 Å². The molecule has 0 spiro atoms. The number of hydrogen-bond acceptors (Lipinski definition) is 7. The van der Waals surface area contributed by atoms with E-state index in [-0.39, 0.29) is 17.8 Å². The van der Waals surface area contributed by atoms with Gasteiger partial charge in [-0.05, 0) is 18.2 Å². The fourth-order valence-electron chi connectivity index (χ4n) is 2.77. The lowest BCUT2D eigenvalue weighted by molar-refractivity contribution is 0.102.